The topological polar surface area (TPSA) is 3.24 Å². The zero-order valence-electron chi connectivity index (χ0n) is 33.1. The molecule has 0 saturated carbocycles. The Morgan fingerprint density at radius 2 is 0.932 bits per heavy atom. The van der Waals surface area contributed by atoms with Crippen LogP contribution in [0.4, 0.5) is 17.1 Å². The molecule has 0 saturated heterocycles. The third-order valence-electron chi connectivity index (χ3n) is 12.3. The fourth-order valence-corrected chi connectivity index (χ4v) is 10.4. The minimum absolute atomic E-state index is 0.0818. The molecule has 0 radical (unpaired) electrons. The van der Waals surface area contributed by atoms with E-state index in [1.807, 2.05) is 11.3 Å². The normalized spacial score (nSPS) is 12.7. The Balaban J connectivity index is 1.01. The predicted molar refractivity (Wildman–Crippen MR) is 253 cm³/mol. The number of benzene rings is 9. The number of thiophene rings is 1. The van der Waals surface area contributed by atoms with Crippen LogP contribution in [0.1, 0.15) is 25.0 Å². The van der Waals surface area contributed by atoms with Gasteiger partial charge in [-0.25, -0.2) is 0 Å². The first-order chi connectivity index (χ1) is 29.0. The predicted octanol–water partition coefficient (Wildman–Crippen LogP) is 16.5. The molecule has 1 aliphatic rings. The van der Waals surface area contributed by atoms with Gasteiger partial charge in [-0.05, 0) is 116 Å². The molecule has 280 valence electrons. The van der Waals surface area contributed by atoms with Crippen molar-refractivity contribution in [3.05, 3.63) is 223 Å². The van der Waals surface area contributed by atoms with E-state index in [4.69, 9.17) is 0 Å². The quantitative estimate of drug-likeness (QED) is 0.156. The summed E-state index contributed by atoms with van der Waals surface area (Å²) in [5.74, 6) is 0. The van der Waals surface area contributed by atoms with Crippen molar-refractivity contribution < 1.29 is 0 Å². The van der Waals surface area contributed by atoms with Crippen LogP contribution in [0.3, 0.4) is 0 Å². The van der Waals surface area contributed by atoms with E-state index in [-0.39, 0.29) is 5.41 Å². The second-order valence-corrected chi connectivity index (χ2v) is 17.2. The van der Waals surface area contributed by atoms with Crippen LogP contribution in [0, 0.1) is 0 Å². The molecule has 0 fully saturated rings. The van der Waals surface area contributed by atoms with E-state index in [1.54, 1.807) is 0 Å². The van der Waals surface area contributed by atoms with Gasteiger partial charge in [0.2, 0.25) is 0 Å². The number of fused-ring (bicyclic) bond motifs is 6. The van der Waals surface area contributed by atoms with Gasteiger partial charge in [-0.3, -0.25) is 0 Å². The summed E-state index contributed by atoms with van der Waals surface area (Å²) in [4.78, 5) is 2.42. The molecule has 0 amide bonds. The van der Waals surface area contributed by atoms with Gasteiger partial charge in [0.05, 0.1) is 5.69 Å². The van der Waals surface area contributed by atoms with Crippen LogP contribution in [-0.2, 0) is 5.41 Å². The van der Waals surface area contributed by atoms with Crippen molar-refractivity contribution in [3.63, 3.8) is 0 Å². The molecule has 10 aromatic rings. The van der Waals surface area contributed by atoms with Crippen LogP contribution in [0.2, 0.25) is 0 Å². The molecule has 0 unspecified atom stereocenters. The molecule has 0 atom stereocenters. The molecule has 1 aliphatic carbocycles. The molecule has 11 rings (SSSR count). The first-order valence-electron chi connectivity index (χ1n) is 20.4. The van der Waals surface area contributed by atoms with E-state index >= 15 is 0 Å². The Morgan fingerprint density at radius 1 is 0.339 bits per heavy atom. The number of rotatable bonds is 7. The fourth-order valence-electron chi connectivity index (χ4n) is 9.23. The summed E-state index contributed by atoms with van der Waals surface area (Å²) in [6.07, 6.45) is 0. The lowest BCUT2D eigenvalue weighted by Crippen LogP contribution is -2.15. The first kappa shape index (κ1) is 35.2. The van der Waals surface area contributed by atoms with Gasteiger partial charge in [0, 0.05) is 42.5 Å². The Bertz CT molecular complexity index is 3170. The van der Waals surface area contributed by atoms with E-state index in [2.05, 4.69) is 231 Å². The smallest absolute Gasteiger partial charge is 0.0540 e. The van der Waals surface area contributed by atoms with Crippen molar-refractivity contribution in [2.75, 3.05) is 4.90 Å². The van der Waals surface area contributed by atoms with Gasteiger partial charge in [-0.1, -0.05) is 172 Å². The van der Waals surface area contributed by atoms with Crippen LogP contribution in [-0.4, -0.2) is 0 Å². The van der Waals surface area contributed by atoms with Crippen LogP contribution >= 0.6 is 11.3 Å². The average Bonchev–Trinajstić information content (AvgIpc) is 3.78. The van der Waals surface area contributed by atoms with Crippen molar-refractivity contribution in [2.24, 2.45) is 0 Å². The third-order valence-corrected chi connectivity index (χ3v) is 13.4. The molecule has 9 aromatic carbocycles. The van der Waals surface area contributed by atoms with Gasteiger partial charge in [0.1, 0.15) is 0 Å². The van der Waals surface area contributed by atoms with Crippen LogP contribution in [0.15, 0.2) is 212 Å². The Kier molecular flexibility index (Phi) is 8.43. The average molecular weight is 772 g/mol. The van der Waals surface area contributed by atoms with E-state index in [9.17, 15) is 0 Å². The second kappa shape index (κ2) is 14.1. The Labute approximate surface area is 350 Å². The summed E-state index contributed by atoms with van der Waals surface area (Å²) in [6, 6.07) is 78.1. The minimum atomic E-state index is -0.0818. The first-order valence-corrected chi connectivity index (χ1v) is 21.2. The standard InChI is InChI=1S/C57H41NS/c1-57(2)52-33-28-42(35-51(52)48-31-26-43(36-53(48)57)39-16-7-4-8-17-39)40-24-29-45(30-25-40)58(46-19-13-18-41(34-46)38-14-5-3-6-15-38)54-22-11-9-20-47(54)44-27-32-50-49-21-10-12-23-55(49)59-56(50)37-44/h3-37H,1-2H3. The summed E-state index contributed by atoms with van der Waals surface area (Å²) in [7, 11) is 0. The minimum Gasteiger partial charge on any atom is -0.310 e. The molecule has 0 aliphatic heterocycles. The van der Waals surface area contributed by atoms with Crippen LogP contribution in [0.5, 0.6) is 0 Å². The molecule has 59 heavy (non-hydrogen) atoms. The molecule has 1 heterocycles. The molecule has 0 N–H and O–H groups in total. The van der Waals surface area contributed by atoms with E-state index in [1.165, 1.54) is 86.9 Å². The van der Waals surface area contributed by atoms with Crippen molar-refractivity contribution in [1.82, 2.24) is 0 Å². The lowest BCUT2D eigenvalue weighted by atomic mass is 9.81. The van der Waals surface area contributed by atoms with Gasteiger partial charge >= 0.3 is 0 Å². The molecule has 1 nitrogen and oxygen atoms in total. The maximum Gasteiger partial charge on any atom is 0.0540 e. The maximum atomic E-state index is 2.42. The number of nitrogens with zero attached hydrogens (tertiary/aromatic N) is 1. The summed E-state index contributed by atoms with van der Waals surface area (Å²) in [5.41, 5.74) is 18.4. The maximum absolute atomic E-state index is 2.42. The largest absolute Gasteiger partial charge is 0.310 e. The summed E-state index contributed by atoms with van der Waals surface area (Å²) >= 11 is 1.87. The summed E-state index contributed by atoms with van der Waals surface area (Å²) in [5, 5.41) is 2.63. The third kappa shape index (κ3) is 6.07. The monoisotopic (exact) mass is 771 g/mol. The Hall–Kier alpha value is -7.00. The van der Waals surface area contributed by atoms with Crippen molar-refractivity contribution in [1.29, 1.82) is 0 Å². The number of anilines is 3. The van der Waals surface area contributed by atoms with Gasteiger partial charge in [0.15, 0.2) is 0 Å². The lowest BCUT2D eigenvalue weighted by Gasteiger charge is -2.28. The van der Waals surface area contributed by atoms with E-state index < -0.39 is 0 Å². The van der Waals surface area contributed by atoms with Gasteiger partial charge < -0.3 is 4.90 Å². The van der Waals surface area contributed by atoms with Gasteiger partial charge in [-0.15, -0.1) is 11.3 Å². The fraction of sp³-hybridized carbons (Fsp3) is 0.0526. The number of para-hydroxylation sites is 1. The Morgan fingerprint density at radius 3 is 1.73 bits per heavy atom. The highest BCUT2D eigenvalue weighted by Gasteiger charge is 2.35. The summed E-state index contributed by atoms with van der Waals surface area (Å²) in [6.45, 7) is 4.72. The van der Waals surface area contributed by atoms with Crippen LogP contribution < -0.4 is 4.90 Å². The molecular formula is C57H41NS. The highest BCUT2D eigenvalue weighted by Crippen LogP contribution is 2.51. The lowest BCUT2D eigenvalue weighted by molar-refractivity contribution is 0.660. The van der Waals surface area contributed by atoms with E-state index in [0.29, 0.717) is 0 Å². The van der Waals surface area contributed by atoms with E-state index in [0.717, 1.165) is 17.1 Å². The SMILES string of the molecule is CC1(C)c2ccc(-c3ccc(N(c4cccc(-c5ccccc5)c4)c4ccccc4-c4ccc5c(c4)sc4ccccc45)cc3)cc2-c2ccc(-c3ccccc3)cc21. The van der Waals surface area contributed by atoms with Crippen molar-refractivity contribution >= 4 is 48.6 Å². The molecule has 1 aromatic heterocycles. The number of hydrogen-bond donors (Lipinski definition) is 0. The molecule has 0 spiro atoms. The second-order valence-electron chi connectivity index (χ2n) is 16.1. The molecular weight excluding hydrogens is 731 g/mol. The van der Waals surface area contributed by atoms with Gasteiger partial charge in [-0.2, -0.15) is 0 Å². The highest BCUT2D eigenvalue weighted by atomic mass is 32.1. The van der Waals surface area contributed by atoms with Crippen molar-refractivity contribution in [3.8, 4) is 55.6 Å². The van der Waals surface area contributed by atoms with Crippen LogP contribution in [0.25, 0.3) is 75.8 Å². The van der Waals surface area contributed by atoms with Crippen molar-refractivity contribution in [2.45, 2.75) is 19.3 Å². The summed E-state index contributed by atoms with van der Waals surface area (Å²) < 4.78 is 2.62. The molecule has 0 bridgehead atoms. The zero-order valence-corrected chi connectivity index (χ0v) is 33.9. The molecule has 2 heteroatoms. The van der Waals surface area contributed by atoms with Gasteiger partial charge in [0.25, 0.3) is 0 Å². The zero-order chi connectivity index (χ0) is 39.5. The number of hydrogen-bond acceptors (Lipinski definition) is 2. The highest BCUT2D eigenvalue weighted by molar-refractivity contribution is 7.25.